The summed E-state index contributed by atoms with van der Waals surface area (Å²) in [4.78, 5) is 6.38. The van der Waals surface area contributed by atoms with Crippen LogP contribution in [0.5, 0.6) is 0 Å². The van der Waals surface area contributed by atoms with Crippen LogP contribution < -0.4 is 10.2 Å². The first-order valence-corrected chi connectivity index (χ1v) is 7.16. The molecule has 20 heavy (non-hydrogen) atoms. The van der Waals surface area contributed by atoms with Crippen LogP contribution in [0.15, 0.2) is 24.3 Å². The van der Waals surface area contributed by atoms with Crippen LogP contribution in [-0.2, 0) is 0 Å². The topological polar surface area (TPSA) is 53.9 Å². The maximum atomic E-state index is 5.92. The Morgan fingerprint density at radius 1 is 1.00 bits per heavy atom. The van der Waals surface area contributed by atoms with Crippen LogP contribution >= 0.6 is 23.2 Å². The molecular weight excluding hydrogens is 297 g/mol. The van der Waals surface area contributed by atoms with Crippen molar-refractivity contribution in [1.29, 1.82) is 0 Å². The van der Waals surface area contributed by atoms with Crippen molar-refractivity contribution in [2.45, 2.75) is 12.8 Å². The minimum absolute atomic E-state index is 0.0607. The molecular formula is C13H13Cl2N5. The van der Waals surface area contributed by atoms with Gasteiger partial charge in [-0.1, -0.05) is 11.6 Å². The molecule has 5 nitrogen and oxygen atoms in total. The second kappa shape index (κ2) is 5.81. The molecule has 1 aromatic carbocycles. The molecule has 0 atom stereocenters. The Labute approximate surface area is 126 Å². The van der Waals surface area contributed by atoms with Gasteiger partial charge in [0.15, 0.2) is 11.0 Å². The molecule has 3 rings (SSSR count). The second-order valence-corrected chi connectivity index (χ2v) is 5.28. The molecule has 0 unspecified atom stereocenters. The molecule has 1 aliphatic rings. The van der Waals surface area contributed by atoms with Gasteiger partial charge in [0, 0.05) is 24.5 Å². The summed E-state index contributed by atoms with van der Waals surface area (Å²) in [6, 6.07) is 8.13. The van der Waals surface area contributed by atoms with Gasteiger partial charge in [-0.05, 0) is 48.7 Å². The second-order valence-electron chi connectivity index (χ2n) is 4.59. The molecule has 1 aliphatic heterocycles. The highest BCUT2D eigenvalue weighted by atomic mass is 35.5. The molecule has 0 radical (unpaired) electrons. The largest absolute Gasteiger partial charge is 0.372 e. The number of nitrogens with zero attached hydrogens (tertiary/aromatic N) is 4. The quantitative estimate of drug-likeness (QED) is 0.940. The Balaban J connectivity index is 1.76. The zero-order valence-corrected chi connectivity index (χ0v) is 12.2. The normalized spacial score (nSPS) is 14.6. The van der Waals surface area contributed by atoms with Crippen molar-refractivity contribution in [3.63, 3.8) is 0 Å². The number of nitrogens with one attached hydrogen (secondary N) is 1. The predicted octanol–water partition coefficient (Wildman–Crippen LogP) is 3.52. The van der Waals surface area contributed by atoms with E-state index in [-0.39, 0.29) is 10.4 Å². The van der Waals surface area contributed by atoms with E-state index < -0.39 is 0 Å². The van der Waals surface area contributed by atoms with Crippen molar-refractivity contribution < 1.29 is 0 Å². The van der Waals surface area contributed by atoms with E-state index in [0.29, 0.717) is 5.82 Å². The van der Waals surface area contributed by atoms with E-state index in [2.05, 4.69) is 37.5 Å². The van der Waals surface area contributed by atoms with Gasteiger partial charge >= 0.3 is 0 Å². The van der Waals surface area contributed by atoms with Crippen molar-refractivity contribution >= 4 is 40.4 Å². The Kier molecular flexibility index (Phi) is 3.89. The number of benzene rings is 1. The summed E-state index contributed by atoms with van der Waals surface area (Å²) in [6.45, 7) is 2.26. The van der Waals surface area contributed by atoms with Crippen LogP contribution in [0.4, 0.5) is 17.2 Å². The number of halogens is 2. The maximum absolute atomic E-state index is 5.92. The van der Waals surface area contributed by atoms with E-state index >= 15 is 0 Å². The predicted molar refractivity (Wildman–Crippen MR) is 81.0 cm³/mol. The summed E-state index contributed by atoms with van der Waals surface area (Å²) >= 11 is 11.6. The first kappa shape index (κ1) is 13.4. The molecule has 2 aromatic rings. The van der Waals surface area contributed by atoms with Gasteiger partial charge in [-0.3, -0.25) is 0 Å². The van der Waals surface area contributed by atoms with Gasteiger partial charge in [-0.25, -0.2) is 0 Å². The van der Waals surface area contributed by atoms with Crippen molar-refractivity contribution in [2.24, 2.45) is 0 Å². The van der Waals surface area contributed by atoms with E-state index in [1.807, 2.05) is 12.1 Å². The van der Waals surface area contributed by atoms with Crippen molar-refractivity contribution in [2.75, 3.05) is 23.3 Å². The van der Waals surface area contributed by atoms with Crippen molar-refractivity contribution in [3.8, 4) is 0 Å². The number of hydrogen-bond acceptors (Lipinski definition) is 5. The highest BCUT2D eigenvalue weighted by Gasteiger charge is 2.12. The van der Waals surface area contributed by atoms with Crippen LogP contribution in [0.25, 0.3) is 0 Å². The molecule has 0 spiro atoms. The van der Waals surface area contributed by atoms with Crippen molar-refractivity contribution in [3.05, 3.63) is 34.7 Å². The lowest BCUT2D eigenvalue weighted by Crippen LogP contribution is -2.17. The lowest BCUT2D eigenvalue weighted by Gasteiger charge is -2.17. The summed E-state index contributed by atoms with van der Waals surface area (Å²) in [5.74, 6) is 0.403. The van der Waals surface area contributed by atoms with Crippen LogP contribution in [-0.4, -0.2) is 28.3 Å². The average molecular weight is 310 g/mol. The Bertz CT molecular complexity index is 596. The molecule has 1 N–H and O–H groups in total. The Morgan fingerprint density at radius 2 is 1.70 bits per heavy atom. The molecule has 1 saturated heterocycles. The van der Waals surface area contributed by atoms with Crippen LogP contribution in [0.2, 0.25) is 10.4 Å². The summed E-state index contributed by atoms with van der Waals surface area (Å²) in [5.41, 5.74) is 2.12. The van der Waals surface area contributed by atoms with E-state index in [4.69, 9.17) is 23.2 Å². The third-order valence-electron chi connectivity index (χ3n) is 3.22. The van der Waals surface area contributed by atoms with Gasteiger partial charge < -0.3 is 10.2 Å². The Hall–Kier alpha value is -1.59. The zero-order valence-electron chi connectivity index (χ0n) is 10.7. The van der Waals surface area contributed by atoms with Crippen molar-refractivity contribution in [1.82, 2.24) is 15.2 Å². The van der Waals surface area contributed by atoms with Crippen LogP contribution in [0, 0.1) is 0 Å². The first-order chi connectivity index (χ1) is 9.72. The van der Waals surface area contributed by atoms with Gasteiger partial charge in [0.2, 0.25) is 5.28 Å². The SMILES string of the molecule is Clc1nnc(Cl)c(Nc2ccc(N3CCCC3)cc2)n1. The number of hydrogen-bond donors (Lipinski definition) is 1. The highest BCUT2D eigenvalue weighted by Crippen LogP contribution is 2.25. The van der Waals surface area contributed by atoms with Crippen LogP contribution in [0.1, 0.15) is 12.8 Å². The first-order valence-electron chi connectivity index (χ1n) is 6.40. The highest BCUT2D eigenvalue weighted by molar-refractivity contribution is 6.32. The maximum Gasteiger partial charge on any atom is 0.245 e. The van der Waals surface area contributed by atoms with Gasteiger partial charge in [0.1, 0.15) is 0 Å². The van der Waals surface area contributed by atoms with E-state index in [0.717, 1.165) is 18.8 Å². The zero-order chi connectivity index (χ0) is 13.9. The van der Waals surface area contributed by atoms with Gasteiger partial charge in [0.05, 0.1) is 0 Å². The van der Waals surface area contributed by atoms with Gasteiger partial charge in [-0.15, -0.1) is 10.2 Å². The molecule has 0 aliphatic carbocycles. The monoisotopic (exact) mass is 309 g/mol. The van der Waals surface area contributed by atoms with Gasteiger partial charge in [-0.2, -0.15) is 4.98 Å². The summed E-state index contributed by atoms with van der Waals surface area (Å²) in [6.07, 6.45) is 2.53. The number of aromatic nitrogens is 3. The molecule has 0 bridgehead atoms. The fourth-order valence-electron chi connectivity index (χ4n) is 2.24. The molecule has 104 valence electrons. The fraction of sp³-hybridized carbons (Fsp3) is 0.308. The van der Waals surface area contributed by atoms with Crippen LogP contribution in [0.3, 0.4) is 0 Å². The lowest BCUT2D eigenvalue weighted by atomic mass is 10.2. The fourth-order valence-corrected chi connectivity index (χ4v) is 2.49. The molecule has 0 amide bonds. The summed E-state index contributed by atoms with van der Waals surface area (Å²) in [7, 11) is 0. The number of rotatable bonds is 3. The third kappa shape index (κ3) is 2.94. The third-order valence-corrected chi connectivity index (χ3v) is 3.64. The molecule has 0 saturated carbocycles. The summed E-state index contributed by atoms with van der Waals surface area (Å²) < 4.78 is 0. The lowest BCUT2D eigenvalue weighted by molar-refractivity contribution is 0.949. The van der Waals surface area contributed by atoms with E-state index in [1.165, 1.54) is 18.5 Å². The molecule has 2 heterocycles. The summed E-state index contributed by atoms with van der Waals surface area (Å²) in [5, 5.41) is 10.6. The number of anilines is 3. The smallest absolute Gasteiger partial charge is 0.245 e. The minimum Gasteiger partial charge on any atom is -0.372 e. The molecule has 7 heteroatoms. The standard InChI is InChI=1S/C13H13Cl2N5/c14-11-12(17-13(15)19-18-11)16-9-3-5-10(6-4-9)20-7-1-2-8-20/h3-6H,1-2,7-8H2,(H,16,17,19). The minimum atomic E-state index is 0.0607. The molecule has 1 aromatic heterocycles. The average Bonchev–Trinajstić information content (AvgIpc) is 2.98. The molecule has 1 fully saturated rings. The Morgan fingerprint density at radius 3 is 2.40 bits per heavy atom. The van der Waals surface area contributed by atoms with Gasteiger partial charge in [0.25, 0.3) is 0 Å². The van der Waals surface area contributed by atoms with E-state index in [9.17, 15) is 0 Å². The van der Waals surface area contributed by atoms with E-state index in [1.54, 1.807) is 0 Å².